The van der Waals surface area contributed by atoms with Crippen LogP contribution < -0.4 is 0 Å². The largest absolute Gasteiger partial charge is 0.337 e. The molecule has 2 aromatic carbocycles. The van der Waals surface area contributed by atoms with Gasteiger partial charge in [0, 0.05) is 37.3 Å². The Hall–Kier alpha value is -2.15. The van der Waals surface area contributed by atoms with Crippen LogP contribution in [0.25, 0.3) is 6.08 Å². The summed E-state index contributed by atoms with van der Waals surface area (Å²) in [5.41, 5.74) is 2.12. The molecule has 0 aromatic heterocycles. The van der Waals surface area contributed by atoms with Crippen LogP contribution in [-0.4, -0.2) is 49.7 Å². The van der Waals surface area contributed by atoms with Gasteiger partial charge in [-0.15, -0.1) is 0 Å². The van der Waals surface area contributed by atoms with Gasteiger partial charge in [-0.1, -0.05) is 47.5 Å². The first-order chi connectivity index (χ1) is 12.9. The van der Waals surface area contributed by atoms with Crippen molar-refractivity contribution in [3.8, 4) is 0 Å². The van der Waals surface area contributed by atoms with Crippen LogP contribution >= 0.6 is 11.6 Å². The highest BCUT2D eigenvalue weighted by atomic mass is 35.5. The number of hydrogen-bond donors (Lipinski definition) is 0. The predicted molar refractivity (Wildman–Crippen MR) is 107 cm³/mol. The predicted octanol–water partition coefficient (Wildman–Crippen LogP) is 3.19. The summed E-state index contributed by atoms with van der Waals surface area (Å²) in [5.74, 6) is -0.115. The van der Waals surface area contributed by atoms with Gasteiger partial charge >= 0.3 is 0 Å². The van der Waals surface area contributed by atoms with Gasteiger partial charge in [-0.2, -0.15) is 4.31 Å². The number of carbonyl (C=O) groups excluding carboxylic acids is 1. The average Bonchev–Trinajstić information content (AvgIpc) is 2.67. The Bertz CT molecular complexity index is 947. The Morgan fingerprint density at radius 2 is 1.70 bits per heavy atom. The molecule has 5 nitrogen and oxygen atoms in total. The second-order valence-electron chi connectivity index (χ2n) is 6.43. The van der Waals surface area contributed by atoms with E-state index in [9.17, 15) is 13.2 Å². The van der Waals surface area contributed by atoms with Crippen LogP contribution in [0.1, 0.15) is 11.1 Å². The summed E-state index contributed by atoms with van der Waals surface area (Å²) in [6.07, 6.45) is 3.31. The Labute approximate surface area is 164 Å². The minimum Gasteiger partial charge on any atom is -0.337 e. The van der Waals surface area contributed by atoms with E-state index < -0.39 is 10.0 Å². The number of piperazine rings is 1. The number of sulfonamides is 1. The van der Waals surface area contributed by atoms with E-state index in [0.717, 1.165) is 11.1 Å². The molecule has 3 rings (SSSR count). The lowest BCUT2D eigenvalue weighted by molar-refractivity contribution is -0.127. The van der Waals surface area contributed by atoms with E-state index in [0.29, 0.717) is 18.1 Å². The van der Waals surface area contributed by atoms with Crippen molar-refractivity contribution in [1.29, 1.82) is 0 Å². The summed E-state index contributed by atoms with van der Waals surface area (Å²) in [5, 5.41) is 0.381. The highest BCUT2D eigenvalue weighted by molar-refractivity contribution is 7.89. The molecule has 0 spiro atoms. The normalized spacial score (nSPS) is 16.0. The molecule has 0 radical (unpaired) electrons. The molecule has 0 saturated carbocycles. The van der Waals surface area contributed by atoms with Crippen LogP contribution in [0.3, 0.4) is 0 Å². The summed E-state index contributed by atoms with van der Waals surface area (Å²) in [7, 11) is -3.60. The molecule has 2 aromatic rings. The number of amides is 1. The number of rotatable bonds is 4. The van der Waals surface area contributed by atoms with Crippen molar-refractivity contribution >= 4 is 33.6 Å². The zero-order valence-electron chi connectivity index (χ0n) is 15.0. The zero-order valence-corrected chi connectivity index (χ0v) is 16.6. The third kappa shape index (κ3) is 4.77. The highest BCUT2D eigenvalue weighted by Gasteiger charge is 2.29. The minimum absolute atomic E-state index is 0.115. The lowest BCUT2D eigenvalue weighted by Crippen LogP contribution is -2.50. The molecule has 7 heteroatoms. The van der Waals surface area contributed by atoms with Gasteiger partial charge in [0.1, 0.15) is 0 Å². The van der Waals surface area contributed by atoms with Crippen LogP contribution in [0.5, 0.6) is 0 Å². The Kier molecular flexibility index (Phi) is 5.99. The van der Waals surface area contributed by atoms with Gasteiger partial charge in [0.25, 0.3) is 0 Å². The summed E-state index contributed by atoms with van der Waals surface area (Å²) in [6, 6.07) is 14.1. The fourth-order valence-corrected chi connectivity index (χ4v) is 4.60. The summed E-state index contributed by atoms with van der Waals surface area (Å²) in [6.45, 7) is 3.25. The number of hydrogen-bond acceptors (Lipinski definition) is 3. The second-order valence-corrected chi connectivity index (χ2v) is 8.81. The van der Waals surface area contributed by atoms with Crippen LogP contribution in [0.4, 0.5) is 0 Å². The summed E-state index contributed by atoms with van der Waals surface area (Å²) >= 11 is 5.90. The SMILES string of the molecule is Cc1ccc(C=CC(=O)N2CCN(S(=O)(=O)c3cccc(Cl)c3)CC2)cc1. The van der Waals surface area contributed by atoms with Gasteiger partial charge in [-0.3, -0.25) is 4.79 Å². The topological polar surface area (TPSA) is 57.7 Å². The molecule has 1 heterocycles. The third-order valence-corrected chi connectivity index (χ3v) is 6.61. The van der Waals surface area contributed by atoms with E-state index in [2.05, 4.69) is 0 Å². The molecule has 1 saturated heterocycles. The van der Waals surface area contributed by atoms with E-state index in [-0.39, 0.29) is 23.9 Å². The molecule has 1 fully saturated rings. The van der Waals surface area contributed by atoms with Gasteiger partial charge < -0.3 is 4.90 Å². The van der Waals surface area contributed by atoms with Crippen molar-refractivity contribution in [3.63, 3.8) is 0 Å². The molecule has 1 amide bonds. The lowest BCUT2D eigenvalue weighted by atomic mass is 10.1. The number of halogens is 1. The molecule has 1 aliphatic rings. The van der Waals surface area contributed by atoms with E-state index in [4.69, 9.17) is 11.6 Å². The first-order valence-electron chi connectivity index (χ1n) is 8.66. The number of benzene rings is 2. The van der Waals surface area contributed by atoms with E-state index in [1.54, 1.807) is 23.1 Å². The molecule has 0 unspecified atom stereocenters. The first-order valence-corrected chi connectivity index (χ1v) is 10.5. The Morgan fingerprint density at radius 3 is 2.33 bits per heavy atom. The van der Waals surface area contributed by atoms with Crippen LogP contribution in [-0.2, 0) is 14.8 Å². The smallest absolute Gasteiger partial charge is 0.246 e. The molecule has 0 bridgehead atoms. The third-order valence-electron chi connectivity index (χ3n) is 4.48. The minimum atomic E-state index is -3.60. The zero-order chi connectivity index (χ0) is 19.4. The monoisotopic (exact) mass is 404 g/mol. The molecular formula is C20H21ClN2O3S. The summed E-state index contributed by atoms with van der Waals surface area (Å²) in [4.78, 5) is 14.2. The molecular weight excluding hydrogens is 384 g/mol. The number of aryl methyl sites for hydroxylation is 1. The second kappa shape index (κ2) is 8.25. The van der Waals surface area contributed by atoms with Crippen molar-refractivity contribution in [1.82, 2.24) is 9.21 Å². The van der Waals surface area contributed by atoms with Gasteiger partial charge in [-0.25, -0.2) is 8.42 Å². The maximum Gasteiger partial charge on any atom is 0.246 e. The van der Waals surface area contributed by atoms with E-state index >= 15 is 0 Å². The van der Waals surface area contributed by atoms with Crippen molar-refractivity contribution < 1.29 is 13.2 Å². The van der Waals surface area contributed by atoms with Crippen LogP contribution in [0.15, 0.2) is 59.5 Å². The Balaban J connectivity index is 1.61. The maximum atomic E-state index is 12.7. The van der Waals surface area contributed by atoms with E-state index in [1.807, 2.05) is 31.2 Å². The first kappa shape index (κ1) is 19.6. The van der Waals surface area contributed by atoms with E-state index in [1.165, 1.54) is 22.5 Å². The van der Waals surface area contributed by atoms with Gasteiger partial charge in [0.2, 0.25) is 15.9 Å². The standard InChI is InChI=1S/C20H21ClN2O3S/c1-16-5-7-17(8-6-16)9-10-20(24)22-11-13-23(14-12-22)27(25,26)19-4-2-3-18(21)15-19/h2-10,15H,11-14H2,1H3. The quantitative estimate of drug-likeness (QED) is 0.735. The van der Waals surface area contributed by atoms with Crippen molar-refractivity contribution in [3.05, 3.63) is 70.8 Å². The molecule has 0 aliphatic carbocycles. The van der Waals surface area contributed by atoms with Crippen molar-refractivity contribution in [2.24, 2.45) is 0 Å². The average molecular weight is 405 g/mol. The van der Waals surface area contributed by atoms with Crippen molar-refractivity contribution in [2.45, 2.75) is 11.8 Å². The lowest BCUT2D eigenvalue weighted by Gasteiger charge is -2.33. The molecule has 0 N–H and O–H groups in total. The van der Waals surface area contributed by atoms with Crippen LogP contribution in [0.2, 0.25) is 5.02 Å². The summed E-state index contributed by atoms with van der Waals surface area (Å²) < 4.78 is 26.8. The fourth-order valence-electron chi connectivity index (χ4n) is 2.88. The van der Waals surface area contributed by atoms with Gasteiger partial charge in [-0.05, 0) is 36.8 Å². The molecule has 27 heavy (non-hydrogen) atoms. The molecule has 142 valence electrons. The highest BCUT2D eigenvalue weighted by Crippen LogP contribution is 2.21. The van der Waals surface area contributed by atoms with Gasteiger partial charge in [0.15, 0.2) is 0 Å². The number of carbonyl (C=O) groups is 1. The fraction of sp³-hybridized carbons (Fsp3) is 0.250. The maximum absolute atomic E-state index is 12.7. The number of nitrogens with zero attached hydrogens (tertiary/aromatic N) is 2. The van der Waals surface area contributed by atoms with Gasteiger partial charge in [0.05, 0.1) is 4.90 Å². The Morgan fingerprint density at radius 1 is 1.04 bits per heavy atom. The van der Waals surface area contributed by atoms with Crippen LogP contribution in [0, 0.1) is 6.92 Å². The van der Waals surface area contributed by atoms with Crippen molar-refractivity contribution in [2.75, 3.05) is 26.2 Å². The molecule has 0 atom stereocenters. The molecule has 1 aliphatic heterocycles.